The molecule has 1 aliphatic heterocycles. The third-order valence-electron chi connectivity index (χ3n) is 5.46. The fraction of sp³-hybridized carbons (Fsp3) is 0.476. The molecule has 2 fully saturated rings. The largest absolute Gasteiger partial charge is 0.490 e. The van der Waals surface area contributed by atoms with E-state index in [1.54, 1.807) is 11.8 Å². The highest BCUT2D eigenvalue weighted by atomic mass is 79.9. The summed E-state index contributed by atoms with van der Waals surface area (Å²) < 4.78 is 22.3. The smallest absolute Gasteiger partial charge is 0.410 e. The molecule has 4 rings (SSSR count). The Hall–Kier alpha value is -2.55. The number of carbonyl (C=O) groups excluding carboxylic acids is 2. The number of hydrogen-bond acceptors (Lipinski definition) is 7. The first-order valence-corrected chi connectivity index (χ1v) is 10.8. The molecule has 8 nitrogen and oxygen atoms in total. The van der Waals surface area contributed by atoms with Gasteiger partial charge in [-0.15, -0.1) is 0 Å². The van der Waals surface area contributed by atoms with Crippen LogP contribution in [0, 0.1) is 11.8 Å². The van der Waals surface area contributed by atoms with E-state index in [2.05, 4.69) is 21.1 Å². The average Bonchev–Trinajstić information content (AvgIpc) is 3.43. The number of halogens is 1. The van der Waals surface area contributed by atoms with Crippen LogP contribution < -0.4 is 4.74 Å². The minimum Gasteiger partial charge on any atom is -0.490 e. The summed E-state index contributed by atoms with van der Waals surface area (Å²) in [6.45, 7) is 3.21. The van der Waals surface area contributed by atoms with E-state index in [1.807, 2.05) is 24.3 Å². The Balaban J connectivity index is 1.22. The topological polar surface area (TPSA) is 91.1 Å². The van der Waals surface area contributed by atoms with Crippen LogP contribution in [0.4, 0.5) is 4.79 Å². The van der Waals surface area contributed by atoms with Gasteiger partial charge in [0.05, 0.1) is 12.7 Å². The highest BCUT2D eigenvalue weighted by Gasteiger charge is 2.43. The second kappa shape index (κ2) is 9.07. The first-order chi connectivity index (χ1) is 14.5. The number of carbonyl (C=O) groups is 2. The number of hydrogen-bond donors (Lipinski definition) is 0. The van der Waals surface area contributed by atoms with Crippen LogP contribution in [0.25, 0.3) is 0 Å². The van der Waals surface area contributed by atoms with Gasteiger partial charge in [0.2, 0.25) is 0 Å². The highest BCUT2D eigenvalue weighted by molar-refractivity contribution is 9.10. The molecule has 1 aromatic heterocycles. The summed E-state index contributed by atoms with van der Waals surface area (Å²) in [6, 6.07) is 9.27. The summed E-state index contributed by atoms with van der Waals surface area (Å²) in [5.41, 5.74) is 0.0652. The predicted octanol–water partition coefficient (Wildman–Crippen LogP) is 4.04. The zero-order chi connectivity index (χ0) is 21.1. The number of amides is 1. The first-order valence-electron chi connectivity index (χ1n) is 9.98. The van der Waals surface area contributed by atoms with Crippen LogP contribution in [0.3, 0.4) is 0 Å². The van der Waals surface area contributed by atoms with Crippen molar-refractivity contribution in [3.8, 4) is 5.75 Å². The zero-order valence-electron chi connectivity index (χ0n) is 16.6. The van der Waals surface area contributed by atoms with Gasteiger partial charge >= 0.3 is 12.1 Å². The lowest BCUT2D eigenvalue weighted by atomic mass is 10.0. The fourth-order valence-electron chi connectivity index (χ4n) is 4.10. The molecule has 1 amide bonds. The molecule has 1 saturated carbocycles. The van der Waals surface area contributed by atoms with E-state index in [1.165, 1.54) is 6.07 Å². The van der Waals surface area contributed by atoms with Gasteiger partial charge in [-0.05, 0) is 55.9 Å². The SMILES string of the molecule is CCOC(=O)c1cc(COC(=O)N2C[C@H]3C[C@@H](Oc4ccc(Br)cc4)C[C@H]3C2)on1. The van der Waals surface area contributed by atoms with E-state index in [0.29, 0.717) is 30.7 Å². The van der Waals surface area contributed by atoms with Crippen LogP contribution in [-0.4, -0.2) is 47.9 Å². The molecular weight excluding hydrogens is 456 g/mol. The Morgan fingerprint density at radius 2 is 1.87 bits per heavy atom. The number of esters is 1. The van der Waals surface area contributed by atoms with Crippen LogP contribution in [0.1, 0.15) is 36.0 Å². The zero-order valence-corrected chi connectivity index (χ0v) is 18.2. The molecular formula is C21H23BrN2O6. The van der Waals surface area contributed by atoms with Crippen molar-refractivity contribution in [2.75, 3.05) is 19.7 Å². The molecule has 3 atom stereocenters. The molecule has 1 aliphatic carbocycles. The van der Waals surface area contributed by atoms with Gasteiger partial charge in [-0.1, -0.05) is 21.1 Å². The number of likely N-dealkylation sites (tertiary alicyclic amines) is 1. The van der Waals surface area contributed by atoms with Gasteiger partial charge in [0.25, 0.3) is 0 Å². The van der Waals surface area contributed by atoms with E-state index in [-0.39, 0.29) is 31.1 Å². The van der Waals surface area contributed by atoms with Gasteiger partial charge in [0.15, 0.2) is 18.1 Å². The lowest BCUT2D eigenvalue weighted by molar-refractivity contribution is 0.0513. The number of rotatable bonds is 6. The van der Waals surface area contributed by atoms with E-state index < -0.39 is 5.97 Å². The number of aromatic nitrogens is 1. The van der Waals surface area contributed by atoms with Crippen LogP contribution in [-0.2, 0) is 16.1 Å². The Kier molecular flexibility index (Phi) is 6.26. The summed E-state index contributed by atoms with van der Waals surface area (Å²) in [4.78, 5) is 25.7. The van der Waals surface area contributed by atoms with Gasteiger partial charge in [0.1, 0.15) is 5.75 Å². The molecule has 0 bridgehead atoms. The van der Waals surface area contributed by atoms with Crippen molar-refractivity contribution in [2.45, 2.75) is 32.5 Å². The molecule has 0 N–H and O–H groups in total. The van der Waals surface area contributed by atoms with E-state index in [0.717, 1.165) is 23.1 Å². The predicted molar refractivity (Wildman–Crippen MR) is 109 cm³/mol. The molecule has 1 aromatic carbocycles. The molecule has 1 saturated heterocycles. The summed E-state index contributed by atoms with van der Waals surface area (Å²) in [5.74, 6) is 1.44. The van der Waals surface area contributed by atoms with Crippen LogP contribution in [0.15, 0.2) is 39.3 Å². The first kappa shape index (κ1) is 20.7. The maximum atomic E-state index is 12.4. The normalized spacial score (nSPS) is 22.6. The van der Waals surface area contributed by atoms with E-state index in [4.69, 9.17) is 18.7 Å². The van der Waals surface area contributed by atoms with Gasteiger partial charge in [-0.3, -0.25) is 0 Å². The number of ether oxygens (including phenoxy) is 3. The highest BCUT2D eigenvalue weighted by Crippen LogP contribution is 2.40. The summed E-state index contributed by atoms with van der Waals surface area (Å²) >= 11 is 3.42. The third kappa shape index (κ3) is 4.77. The van der Waals surface area contributed by atoms with E-state index in [9.17, 15) is 9.59 Å². The lowest BCUT2D eigenvalue weighted by Crippen LogP contribution is -2.31. The Morgan fingerprint density at radius 3 is 2.53 bits per heavy atom. The molecule has 0 unspecified atom stereocenters. The summed E-state index contributed by atoms with van der Waals surface area (Å²) in [6.07, 6.45) is 1.64. The molecule has 30 heavy (non-hydrogen) atoms. The Bertz CT molecular complexity index is 885. The molecule has 2 heterocycles. The Morgan fingerprint density at radius 1 is 1.17 bits per heavy atom. The van der Waals surface area contributed by atoms with Crippen molar-refractivity contribution >= 4 is 28.0 Å². The summed E-state index contributed by atoms with van der Waals surface area (Å²) in [7, 11) is 0. The second-order valence-corrected chi connectivity index (χ2v) is 8.46. The molecule has 2 aromatic rings. The standard InChI is InChI=1S/C21H23BrN2O6/c1-2-27-20(25)19-9-18(30-23-19)12-28-21(26)24-10-13-7-17(8-14(13)11-24)29-16-5-3-15(22)4-6-16/h3-6,9,13-14,17H,2,7-8,10-12H2,1H3/t13-,14+,17-. The van der Waals surface area contributed by atoms with Gasteiger partial charge in [-0.25, -0.2) is 9.59 Å². The molecule has 0 radical (unpaired) electrons. The third-order valence-corrected chi connectivity index (χ3v) is 5.99. The van der Waals surface area contributed by atoms with Crippen molar-refractivity contribution < 1.29 is 28.3 Å². The molecule has 160 valence electrons. The lowest BCUT2D eigenvalue weighted by Gasteiger charge is -2.19. The van der Waals surface area contributed by atoms with E-state index >= 15 is 0 Å². The molecule has 9 heteroatoms. The Labute approximate surface area is 182 Å². The maximum absolute atomic E-state index is 12.4. The van der Waals surface area contributed by atoms with Crippen molar-refractivity contribution in [3.05, 3.63) is 46.3 Å². The van der Waals surface area contributed by atoms with Crippen molar-refractivity contribution in [1.29, 1.82) is 0 Å². The van der Waals surface area contributed by atoms with Gasteiger partial charge < -0.3 is 23.6 Å². The molecule has 2 aliphatic rings. The van der Waals surface area contributed by atoms with Crippen molar-refractivity contribution in [3.63, 3.8) is 0 Å². The van der Waals surface area contributed by atoms with Crippen molar-refractivity contribution in [1.82, 2.24) is 10.1 Å². The quantitative estimate of drug-likeness (QED) is 0.578. The average molecular weight is 479 g/mol. The van der Waals surface area contributed by atoms with Gasteiger partial charge in [0, 0.05) is 23.6 Å². The number of benzene rings is 1. The van der Waals surface area contributed by atoms with Crippen LogP contribution >= 0.6 is 15.9 Å². The summed E-state index contributed by atoms with van der Waals surface area (Å²) in [5, 5.41) is 3.63. The molecule has 0 spiro atoms. The second-order valence-electron chi connectivity index (χ2n) is 7.54. The fourth-order valence-corrected chi connectivity index (χ4v) is 4.37. The van der Waals surface area contributed by atoms with Crippen molar-refractivity contribution in [2.24, 2.45) is 11.8 Å². The minimum atomic E-state index is -0.564. The number of nitrogens with zero attached hydrogens (tertiary/aromatic N) is 2. The van der Waals surface area contributed by atoms with Gasteiger partial charge in [-0.2, -0.15) is 0 Å². The number of fused-ring (bicyclic) bond motifs is 1. The monoisotopic (exact) mass is 478 g/mol. The van der Waals surface area contributed by atoms with Crippen LogP contribution in [0.5, 0.6) is 5.75 Å². The maximum Gasteiger partial charge on any atom is 0.410 e. The van der Waals surface area contributed by atoms with Crippen LogP contribution in [0.2, 0.25) is 0 Å². The minimum absolute atomic E-state index is 0.0652.